The first-order valence-corrected chi connectivity index (χ1v) is 35.5. The van der Waals surface area contributed by atoms with Gasteiger partial charge < -0.3 is 29.6 Å². The molecule has 12 rings (SSSR count). The molecule has 0 radical (unpaired) electrons. The second-order valence-electron chi connectivity index (χ2n) is 29.9. The monoisotopic (exact) mass is 1250 g/mol. The summed E-state index contributed by atoms with van der Waals surface area (Å²) in [5.74, 6) is 14.2. The number of hydrogen-bond donors (Lipinski definition) is 2. The van der Waals surface area contributed by atoms with E-state index in [2.05, 4.69) is 181 Å². The molecule has 0 bridgehead atoms. The SMILES string of the molecule is C[C@H](CCCOc1cccc(Br)c1)[C@H]1CC[C@H]2[C@@H]3CC[C@@H]4C[C@@H](Oc5cccc(NCCCNc6cccc(O[C@H]7CC[C@@]8(C)[C@H](CC[C@@H]9[C@@H]8CC[C@]8(C)[C@@H]([C@H](C)CCCOc%10cccc(Br)c%10)CC[C@@H]98)C7)c6)c5)CC[C@]4(C)[C@H]3CC[C@]12C. The number of anilines is 2. The largest absolute Gasteiger partial charge is 0.494 e. The first-order valence-electron chi connectivity index (χ1n) is 34.0. The fourth-order valence-corrected chi connectivity index (χ4v) is 22.4. The Labute approximate surface area is 518 Å². The predicted octanol–water partition coefficient (Wildman–Crippen LogP) is 20.9. The van der Waals surface area contributed by atoms with Gasteiger partial charge in [-0.05, 0) is 301 Å². The smallest absolute Gasteiger partial charge is 0.121 e. The van der Waals surface area contributed by atoms with Crippen molar-refractivity contribution in [3.8, 4) is 23.0 Å². The van der Waals surface area contributed by atoms with Gasteiger partial charge in [0, 0.05) is 45.5 Å². The average molecular weight is 1260 g/mol. The average Bonchev–Trinajstić information content (AvgIpc) is 2.68. The van der Waals surface area contributed by atoms with E-state index in [0.29, 0.717) is 33.9 Å². The summed E-state index contributed by atoms with van der Waals surface area (Å²) in [4.78, 5) is 0. The summed E-state index contributed by atoms with van der Waals surface area (Å²) < 4.78 is 28.3. The molecule has 0 amide bonds. The molecule has 8 fully saturated rings. The highest BCUT2D eigenvalue weighted by Crippen LogP contribution is 2.70. The second kappa shape index (κ2) is 25.8. The number of ether oxygens (including phenoxy) is 4. The van der Waals surface area contributed by atoms with Crippen molar-refractivity contribution in [2.45, 2.75) is 201 Å². The first-order chi connectivity index (χ1) is 40.2. The maximum atomic E-state index is 6.90. The molecule has 2 N–H and O–H groups in total. The van der Waals surface area contributed by atoms with E-state index in [9.17, 15) is 0 Å². The summed E-state index contributed by atoms with van der Waals surface area (Å²) in [5, 5.41) is 7.45. The Morgan fingerprint density at radius 3 is 1.30 bits per heavy atom. The van der Waals surface area contributed by atoms with Crippen LogP contribution in [0.1, 0.15) is 189 Å². The lowest BCUT2D eigenvalue weighted by Gasteiger charge is -2.61. The normalized spacial score (nSPS) is 36.8. The summed E-state index contributed by atoms with van der Waals surface area (Å²) in [7, 11) is 0. The number of fused-ring (bicyclic) bond motifs is 10. The first kappa shape index (κ1) is 59.9. The quantitative estimate of drug-likeness (QED) is 0.0765. The summed E-state index contributed by atoms with van der Waals surface area (Å²) in [5.41, 5.74) is 4.23. The van der Waals surface area contributed by atoms with Crippen LogP contribution in [-0.2, 0) is 0 Å². The van der Waals surface area contributed by atoms with Crippen LogP contribution in [0, 0.1) is 92.7 Å². The lowest BCUT2D eigenvalue weighted by molar-refractivity contribution is -0.126. The molecular formula is C75H104Br2N2O4. The molecule has 8 saturated carbocycles. The minimum Gasteiger partial charge on any atom is -0.494 e. The van der Waals surface area contributed by atoms with Crippen LogP contribution in [0.5, 0.6) is 23.0 Å². The number of nitrogens with one attached hydrogen (secondary N) is 2. The minimum absolute atomic E-state index is 0.315. The predicted molar refractivity (Wildman–Crippen MR) is 350 cm³/mol. The van der Waals surface area contributed by atoms with Gasteiger partial charge in [-0.1, -0.05) is 97.7 Å². The van der Waals surface area contributed by atoms with Crippen LogP contribution in [0.4, 0.5) is 11.4 Å². The Hall–Kier alpha value is -3.36. The van der Waals surface area contributed by atoms with E-state index in [1.54, 1.807) is 0 Å². The number of hydrogen-bond acceptors (Lipinski definition) is 6. The van der Waals surface area contributed by atoms with Crippen molar-refractivity contribution >= 4 is 43.2 Å². The van der Waals surface area contributed by atoms with Crippen LogP contribution < -0.4 is 29.6 Å². The van der Waals surface area contributed by atoms with Crippen molar-refractivity contribution in [1.29, 1.82) is 0 Å². The molecule has 8 aliphatic rings. The van der Waals surface area contributed by atoms with Crippen LogP contribution in [-0.4, -0.2) is 38.5 Å². The van der Waals surface area contributed by atoms with Crippen molar-refractivity contribution in [3.05, 3.63) is 106 Å². The fraction of sp³-hybridized carbons (Fsp3) is 0.680. The molecule has 0 saturated heterocycles. The molecule has 4 aromatic rings. The summed E-state index contributed by atoms with van der Waals surface area (Å²) in [6.45, 7) is 19.5. The molecule has 0 aliphatic heterocycles. The van der Waals surface area contributed by atoms with E-state index in [1.807, 2.05) is 0 Å². The molecule has 6 nitrogen and oxygen atoms in total. The molecule has 83 heavy (non-hydrogen) atoms. The van der Waals surface area contributed by atoms with Crippen LogP contribution >= 0.6 is 31.9 Å². The lowest BCUT2D eigenvalue weighted by atomic mass is 9.44. The van der Waals surface area contributed by atoms with Gasteiger partial charge in [0.2, 0.25) is 0 Å². The second-order valence-corrected chi connectivity index (χ2v) is 31.7. The van der Waals surface area contributed by atoms with Crippen molar-refractivity contribution in [2.24, 2.45) is 92.7 Å². The van der Waals surface area contributed by atoms with Crippen LogP contribution in [0.3, 0.4) is 0 Å². The molecule has 4 aromatic carbocycles. The van der Waals surface area contributed by atoms with E-state index in [-0.39, 0.29) is 0 Å². The third kappa shape index (κ3) is 12.7. The highest BCUT2D eigenvalue weighted by Gasteiger charge is 2.62. The van der Waals surface area contributed by atoms with Gasteiger partial charge in [0.1, 0.15) is 23.0 Å². The Morgan fingerprint density at radius 2 is 0.855 bits per heavy atom. The summed E-state index contributed by atoms with van der Waals surface area (Å²) in [6.07, 6.45) is 31.1. The highest BCUT2D eigenvalue weighted by atomic mass is 79.9. The Balaban J connectivity index is 0.551. The molecule has 8 heteroatoms. The molecule has 0 spiro atoms. The van der Waals surface area contributed by atoms with E-state index >= 15 is 0 Å². The van der Waals surface area contributed by atoms with Crippen molar-refractivity contribution < 1.29 is 18.9 Å². The number of benzene rings is 4. The highest BCUT2D eigenvalue weighted by molar-refractivity contribution is 9.10. The zero-order chi connectivity index (χ0) is 57.3. The van der Waals surface area contributed by atoms with Gasteiger partial charge in [-0.25, -0.2) is 0 Å². The molecule has 0 aromatic heterocycles. The summed E-state index contributed by atoms with van der Waals surface area (Å²) >= 11 is 7.18. The van der Waals surface area contributed by atoms with Crippen LogP contribution in [0.15, 0.2) is 106 Å². The summed E-state index contributed by atoms with van der Waals surface area (Å²) in [6, 6.07) is 34.2. The maximum absolute atomic E-state index is 6.90. The lowest BCUT2D eigenvalue weighted by Crippen LogP contribution is -2.54. The van der Waals surface area contributed by atoms with E-state index in [0.717, 1.165) is 160 Å². The van der Waals surface area contributed by atoms with Gasteiger partial charge in [0.25, 0.3) is 0 Å². The van der Waals surface area contributed by atoms with Crippen LogP contribution in [0.25, 0.3) is 0 Å². The van der Waals surface area contributed by atoms with Crippen molar-refractivity contribution in [1.82, 2.24) is 0 Å². The number of halogens is 2. The van der Waals surface area contributed by atoms with Crippen molar-refractivity contribution in [2.75, 3.05) is 36.9 Å². The Morgan fingerprint density at radius 1 is 0.446 bits per heavy atom. The van der Waals surface area contributed by atoms with Gasteiger partial charge in [0.15, 0.2) is 0 Å². The zero-order valence-corrected chi connectivity index (χ0v) is 55.0. The fourth-order valence-electron chi connectivity index (χ4n) is 21.6. The Kier molecular flexibility index (Phi) is 18.6. The van der Waals surface area contributed by atoms with Gasteiger partial charge in [-0.15, -0.1) is 0 Å². The van der Waals surface area contributed by atoms with Crippen LogP contribution in [0.2, 0.25) is 0 Å². The van der Waals surface area contributed by atoms with E-state index in [4.69, 9.17) is 18.9 Å². The minimum atomic E-state index is 0.315. The number of rotatable bonds is 22. The van der Waals surface area contributed by atoms with Gasteiger partial charge in [0.05, 0.1) is 25.4 Å². The topological polar surface area (TPSA) is 61.0 Å². The van der Waals surface area contributed by atoms with Gasteiger partial charge in [-0.3, -0.25) is 0 Å². The third-order valence-electron chi connectivity index (χ3n) is 25.8. The van der Waals surface area contributed by atoms with E-state index in [1.165, 1.54) is 128 Å². The Bertz CT molecular complexity index is 2610. The maximum Gasteiger partial charge on any atom is 0.121 e. The molecule has 18 atom stereocenters. The van der Waals surface area contributed by atoms with E-state index < -0.39 is 0 Å². The zero-order valence-electron chi connectivity index (χ0n) is 51.8. The van der Waals surface area contributed by atoms with Gasteiger partial charge in [-0.2, -0.15) is 0 Å². The molecule has 452 valence electrons. The molecule has 8 aliphatic carbocycles. The third-order valence-corrected chi connectivity index (χ3v) is 26.8. The standard InChI is InChI=1S/C75H104Br2N2O4/c1-50(14-11-42-80-58-20-7-16-54(76)46-58)66-28-30-68-64-26-24-52-44-62(32-36-72(52,3)70(64)34-38-74(66,68)5)82-60-22-9-18-56(48-60)78-40-13-41-79-57-19-10-23-61(49-57)83-63-33-37-73(4)53(45-63)25-27-65-69-31-29-67(75(69,6)39-35-71(65)73)51(2)15-12-43-81-59-21-8-17-55(77)47-59/h7-10,16-23,46-53,62-71,78-79H,11-15,24-45H2,1-6H3/t50-,51-,52-,53-,62+,63+,64+,65+,66-,67-,68+,69+,70+,71+,72+,73+,74-,75-/m1/s1. The van der Waals surface area contributed by atoms with Crippen molar-refractivity contribution in [3.63, 3.8) is 0 Å². The molecule has 0 unspecified atom stereocenters. The molecule has 0 heterocycles. The van der Waals surface area contributed by atoms with Gasteiger partial charge >= 0.3 is 0 Å². The molecular weight excluding hydrogens is 1150 g/mol.